The summed E-state index contributed by atoms with van der Waals surface area (Å²) in [7, 11) is 0. The van der Waals surface area contributed by atoms with E-state index in [1.807, 2.05) is 30.5 Å². The molecule has 4 rings (SSSR count). The monoisotopic (exact) mass is 376 g/mol. The second-order valence-corrected chi connectivity index (χ2v) is 7.78. The van der Waals surface area contributed by atoms with Crippen LogP contribution in [0.15, 0.2) is 42.9 Å². The highest BCUT2D eigenvalue weighted by Crippen LogP contribution is 2.33. The number of H-pyrrole nitrogens is 1. The molecule has 2 N–H and O–H groups in total. The van der Waals surface area contributed by atoms with Crippen molar-refractivity contribution in [2.45, 2.75) is 63.8 Å². The largest absolute Gasteiger partial charge is 0.349 e. The number of benzene rings is 1. The third-order valence-corrected chi connectivity index (χ3v) is 5.95. The third-order valence-electron chi connectivity index (χ3n) is 5.95. The SMILES string of the molecule is CCc1ccc(C(=O)NC2CCCCC(c3ncnc4[nH]ccc34)CC2)cc1. The van der Waals surface area contributed by atoms with E-state index in [9.17, 15) is 4.79 Å². The van der Waals surface area contributed by atoms with E-state index in [1.54, 1.807) is 6.33 Å². The van der Waals surface area contributed by atoms with E-state index >= 15 is 0 Å². The van der Waals surface area contributed by atoms with Gasteiger partial charge < -0.3 is 10.3 Å². The lowest BCUT2D eigenvalue weighted by atomic mass is 9.86. The molecule has 0 bridgehead atoms. The molecule has 1 aliphatic carbocycles. The average molecular weight is 377 g/mol. The average Bonchev–Trinajstić information content (AvgIpc) is 3.19. The number of fused-ring (bicyclic) bond motifs is 1. The summed E-state index contributed by atoms with van der Waals surface area (Å²) in [4.78, 5) is 24.8. The minimum atomic E-state index is 0.0415. The van der Waals surface area contributed by atoms with Crippen LogP contribution in [0.25, 0.3) is 11.0 Å². The molecule has 0 aliphatic heterocycles. The highest BCUT2D eigenvalue weighted by atomic mass is 16.1. The lowest BCUT2D eigenvalue weighted by Crippen LogP contribution is -2.35. The summed E-state index contributed by atoms with van der Waals surface area (Å²) in [6.45, 7) is 2.12. The maximum Gasteiger partial charge on any atom is 0.251 e. The Balaban J connectivity index is 1.43. The second-order valence-electron chi connectivity index (χ2n) is 7.78. The predicted octanol–water partition coefficient (Wildman–Crippen LogP) is 4.76. The molecule has 1 aromatic carbocycles. The Kier molecular flexibility index (Phi) is 5.70. The van der Waals surface area contributed by atoms with E-state index in [0.717, 1.165) is 67.2 Å². The van der Waals surface area contributed by atoms with Gasteiger partial charge in [-0.15, -0.1) is 0 Å². The fraction of sp³-hybridized carbons (Fsp3) is 0.435. The molecule has 2 aromatic heterocycles. The molecule has 3 aromatic rings. The molecule has 0 spiro atoms. The number of aryl methyl sites for hydroxylation is 1. The van der Waals surface area contributed by atoms with Crippen molar-refractivity contribution < 1.29 is 4.79 Å². The molecule has 1 aliphatic rings. The number of hydrogen-bond acceptors (Lipinski definition) is 3. The van der Waals surface area contributed by atoms with E-state index in [0.29, 0.717) is 5.92 Å². The molecule has 1 saturated carbocycles. The van der Waals surface area contributed by atoms with Gasteiger partial charge in [0.25, 0.3) is 5.91 Å². The van der Waals surface area contributed by atoms with Crippen LogP contribution >= 0.6 is 0 Å². The van der Waals surface area contributed by atoms with Gasteiger partial charge in [-0.2, -0.15) is 0 Å². The van der Waals surface area contributed by atoms with Crippen molar-refractivity contribution in [3.63, 3.8) is 0 Å². The summed E-state index contributed by atoms with van der Waals surface area (Å²) < 4.78 is 0. The molecule has 1 fully saturated rings. The van der Waals surface area contributed by atoms with Crippen molar-refractivity contribution >= 4 is 16.9 Å². The van der Waals surface area contributed by atoms with Crippen molar-refractivity contribution in [1.82, 2.24) is 20.3 Å². The van der Waals surface area contributed by atoms with Gasteiger partial charge in [0.2, 0.25) is 0 Å². The number of carbonyl (C=O) groups is 1. The van der Waals surface area contributed by atoms with E-state index in [4.69, 9.17) is 0 Å². The van der Waals surface area contributed by atoms with Gasteiger partial charge in [0.1, 0.15) is 12.0 Å². The van der Waals surface area contributed by atoms with Gasteiger partial charge in [-0.1, -0.05) is 31.9 Å². The van der Waals surface area contributed by atoms with Crippen LogP contribution in [0.5, 0.6) is 0 Å². The Hall–Kier alpha value is -2.69. The molecule has 2 heterocycles. The Morgan fingerprint density at radius 2 is 1.89 bits per heavy atom. The van der Waals surface area contributed by atoms with Crippen molar-refractivity contribution in [2.24, 2.45) is 0 Å². The number of aromatic amines is 1. The van der Waals surface area contributed by atoms with Crippen LogP contribution in [0.1, 0.15) is 73.0 Å². The minimum Gasteiger partial charge on any atom is -0.349 e. The van der Waals surface area contributed by atoms with Gasteiger partial charge >= 0.3 is 0 Å². The molecule has 28 heavy (non-hydrogen) atoms. The number of aromatic nitrogens is 3. The Bertz CT molecular complexity index is 931. The summed E-state index contributed by atoms with van der Waals surface area (Å²) >= 11 is 0. The Labute approximate surface area is 166 Å². The maximum absolute atomic E-state index is 12.7. The highest BCUT2D eigenvalue weighted by molar-refractivity contribution is 5.94. The summed E-state index contributed by atoms with van der Waals surface area (Å²) in [5.74, 6) is 0.463. The fourth-order valence-electron chi connectivity index (χ4n) is 4.27. The zero-order valence-corrected chi connectivity index (χ0v) is 16.4. The first kappa shape index (κ1) is 18.7. The lowest BCUT2D eigenvalue weighted by molar-refractivity contribution is 0.0929. The first-order valence-corrected chi connectivity index (χ1v) is 10.4. The number of hydrogen-bond donors (Lipinski definition) is 2. The first-order valence-electron chi connectivity index (χ1n) is 10.4. The van der Waals surface area contributed by atoms with Crippen LogP contribution in [0.2, 0.25) is 0 Å². The van der Waals surface area contributed by atoms with Gasteiger partial charge in [-0.25, -0.2) is 9.97 Å². The van der Waals surface area contributed by atoms with Crippen molar-refractivity contribution in [3.05, 3.63) is 59.7 Å². The maximum atomic E-state index is 12.7. The normalized spacial score (nSPS) is 20.5. The molecule has 2 unspecified atom stereocenters. The van der Waals surface area contributed by atoms with E-state index < -0.39 is 0 Å². The lowest BCUT2D eigenvalue weighted by Gasteiger charge is -2.26. The summed E-state index contributed by atoms with van der Waals surface area (Å²) in [6.07, 6.45) is 11.1. The van der Waals surface area contributed by atoms with Gasteiger partial charge in [0.05, 0.1) is 5.69 Å². The predicted molar refractivity (Wildman–Crippen MR) is 111 cm³/mol. The standard InChI is InChI=1S/C23H28N4O/c1-2-16-7-9-18(10-8-16)23(28)27-19-6-4-3-5-17(11-12-19)21-20-13-14-24-22(20)26-15-25-21/h7-10,13-15,17,19H,2-6,11-12H2,1H3,(H,27,28)(H,24,25,26). The molecule has 5 nitrogen and oxygen atoms in total. The van der Waals surface area contributed by atoms with Gasteiger partial charge in [0.15, 0.2) is 0 Å². The van der Waals surface area contributed by atoms with Gasteiger partial charge in [-0.05, 0) is 55.9 Å². The molecular weight excluding hydrogens is 348 g/mol. The van der Waals surface area contributed by atoms with Crippen LogP contribution in [-0.2, 0) is 6.42 Å². The summed E-state index contributed by atoms with van der Waals surface area (Å²) in [5.41, 5.74) is 4.06. The van der Waals surface area contributed by atoms with Crippen molar-refractivity contribution in [2.75, 3.05) is 0 Å². The number of amides is 1. The smallest absolute Gasteiger partial charge is 0.251 e. The van der Waals surface area contributed by atoms with Gasteiger partial charge in [-0.3, -0.25) is 4.79 Å². The number of nitrogens with one attached hydrogen (secondary N) is 2. The van der Waals surface area contributed by atoms with E-state index in [1.165, 1.54) is 5.56 Å². The molecular formula is C23H28N4O. The number of rotatable bonds is 4. The van der Waals surface area contributed by atoms with E-state index in [-0.39, 0.29) is 11.9 Å². The van der Waals surface area contributed by atoms with E-state index in [2.05, 4.69) is 33.3 Å². The van der Waals surface area contributed by atoms with Crippen LogP contribution in [-0.4, -0.2) is 26.9 Å². The number of nitrogens with zero attached hydrogens (tertiary/aromatic N) is 2. The van der Waals surface area contributed by atoms with Crippen LogP contribution in [0.3, 0.4) is 0 Å². The molecule has 1 amide bonds. The zero-order chi connectivity index (χ0) is 19.3. The molecule has 0 radical (unpaired) electrons. The van der Waals surface area contributed by atoms with Gasteiger partial charge in [0, 0.05) is 29.1 Å². The van der Waals surface area contributed by atoms with Crippen LogP contribution < -0.4 is 5.32 Å². The second kappa shape index (κ2) is 8.55. The number of carbonyl (C=O) groups excluding carboxylic acids is 1. The zero-order valence-electron chi connectivity index (χ0n) is 16.4. The van der Waals surface area contributed by atoms with Crippen molar-refractivity contribution in [1.29, 1.82) is 0 Å². The molecule has 0 saturated heterocycles. The summed E-state index contributed by atoms with van der Waals surface area (Å²) in [6, 6.07) is 10.3. The minimum absolute atomic E-state index is 0.0415. The Morgan fingerprint density at radius 1 is 1.07 bits per heavy atom. The fourth-order valence-corrected chi connectivity index (χ4v) is 4.27. The topological polar surface area (TPSA) is 70.7 Å². The first-order chi connectivity index (χ1) is 13.7. The molecule has 2 atom stereocenters. The van der Waals surface area contributed by atoms with Crippen LogP contribution in [0, 0.1) is 0 Å². The molecule has 146 valence electrons. The summed E-state index contributed by atoms with van der Waals surface area (Å²) in [5, 5.41) is 4.40. The van der Waals surface area contributed by atoms with Crippen LogP contribution in [0.4, 0.5) is 0 Å². The Morgan fingerprint density at radius 3 is 2.71 bits per heavy atom. The highest BCUT2D eigenvalue weighted by Gasteiger charge is 2.23. The molecule has 5 heteroatoms. The third kappa shape index (κ3) is 4.08. The quantitative estimate of drug-likeness (QED) is 0.690. The van der Waals surface area contributed by atoms with Crippen molar-refractivity contribution in [3.8, 4) is 0 Å².